The van der Waals surface area contributed by atoms with Crippen LogP contribution in [-0.2, 0) is 28.6 Å². The molecule has 2 aromatic rings. The van der Waals surface area contributed by atoms with Crippen LogP contribution in [0.1, 0.15) is 64.0 Å². The highest BCUT2D eigenvalue weighted by atomic mass is 32.2. The molecule has 0 radical (unpaired) electrons. The second-order valence-corrected chi connectivity index (χ2v) is 11.1. The summed E-state index contributed by atoms with van der Waals surface area (Å²) in [5.74, 6) is 0.747. The molecule has 3 atom stereocenters. The number of nitrogens with one attached hydrogen (secondary N) is 1. The highest BCUT2D eigenvalue weighted by Gasteiger charge is 2.36. The summed E-state index contributed by atoms with van der Waals surface area (Å²) in [6.07, 6.45) is 0.835. The molecule has 1 aromatic heterocycles. The lowest BCUT2D eigenvalue weighted by Crippen LogP contribution is -2.40. The van der Waals surface area contributed by atoms with E-state index in [1.54, 1.807) is 11.6 Å². The van der Waals surface area contributed by atoms with Gasteiger partial charge in [0.2, 0.25) is 0 Å². The van der Waals surface area contributed by atoms with Gasteiger partial charge in [-0.05, 0) is 52.7 Å². The van der Waals surface area contributed by atoms with Crippen LogP contribution in [0.3, 0.4) is 0 Å². The molecule has 0 unspecified atom stereocenters. The van der Waals surface area contributed by atoms with E-state index < -0.39 is 11.4 Å². The molecule has 0 spiro atoms. The highest BCUT2D eigenvalue weighted by Crippen LogP contribution is 2.33. The summed E-state index contributed by atoms with van der Waals surface area (Å²) in [6.45, 7) is 13.1. The number of hydrogen-bond donors (Lipinski definition) is 1. The third kappa shape index (κ3) is 3.85. The van der Waals surface area contributed by atoms with E-state index in [4.69, 9.17) is 9.72 Å². The summed E-state index contributed by atoms with van der Waals surface area (Å²) in [5, 5.41) is 0.596. The number of aromatic nitrogens is 2. The second-order valence-electron chi connectivity index (χ2n) is 9.13. The van der Waals surface area contributed by atoms with Gasteiger partial charge >= 0.3 is 0 Å². The lowest BCUT2D eigenvalue weighted by Gasteiger charge is -2.28. The van der Waals surface area contributed by atoms with E-state index in [0.29, 0.717) is 24.1 Å². The van der Waals surface area contributed by atoms with Crippen molar-refractivity contribution in [1.82, 2.24) is 14.3 Å². The summed E-state index contributed by atoms with van der Waals surface area (Å²) in [6, 6.07) is 3.71. The van der Waals surface area contributed by atoms with Crippen molar-refractivity contribution >= 4 is 22.3 Å². The van der Waals surface area contributed by atoms with Crippen LogP contribution < -0.4 is 10.3 Å². The first kappa shape index (κ1) is 21.3. The van der Waals surface area contributed by atoms with E-state index in [2.05, 4.69) is 11.6 Å². The van der Waals surface area contributed by atoms with Crippen molar-refractivity contribution in [3.63, 3.8) is 0 Å². The number of hydrogen-bond acceptors (Lipinski definition) is 5. The summed E-state index contributed by atoms with van der Waals surface area (Å²) < 4.78 is 22.7. The average molecular weight is 406 g/mol. The van der Waals surface area contributed by atoms with E-state index in [0.717, 1.165) is 23.4 Å². The van der Waals surface area contributed by atoms with Gasteiger partial charge in [-0.25, -0.2) is 4.98 Å². The Balaban J connectivity index is 2.18. The zero-order valence-corrected chi connectivity index (χ0v) is 18.7. The first-order chi connectivity index (χ1) is 12.9. The standard InChI is InChI=1S/C21H31N3O3S/c1-13-10-15(14(2)23-28(26)20(3,4)5)17-16(11-13)18(25)24(7)19(22-17)21(6)8-9-27-12-21/h10-11,14,23H,8-9,12H2,1-7H3/t14-,21+,28-/m1/s1. The molecule has 28 heavy (non-hydrogen) atoms. The number of ether oxygens (including phenoxy) is 1. The SMILES string of the molecule is Cc1cc([C@@H](C)N[S@+]([O-])C(C)(C)C)c2nc([C@@]3(C)CCOC3)n(C)c(=O)c2c1. The van der Waals surface area contributed by atoms with Crippen LogP contribution in [0.25, 0.3) is 10.9 Å². The van der Waals surface area contributed by atoms with Crippen LogP contribution in [0.5, 0.6) is 0 Å². The van der Waals surface area contributed by atoms with Gasteiger partial charge in [-0.2, -0.15) is 0 Å². The molecule has 0 amide bonds. The molecule has 3 rings (SSSR count). The summed E-state index contributed by atoms with van der Waals surface area (Å²) >= 11 is -1.22. The maximum absolute atomic E-state index is 13.2. The molecule has 1 aliphatic heterocycles. The molecule has 1 fully saturated rings. The van der Waals surface area contributed by atoms with Crippen molar-refractivity contribution in [2.75, 3.05) is 13.2 Å². The van der Waals surface area contributed by atoms with E-state index in [1.165, 1.54) is 0 Å². The molecule has 6 nitrogen and oxygen atoms in total. The van der Waals surface area contributed by atoms with Crippen molar-refractivity contribution in [3.05, 3.63) is 39.4 Å². The predicted octanol–water partition coefficient (Wildman–Crippen LogP) is 3.03. The Morgan fingerprint density at radius 3 is 2.64 bits per heavy atom. The smallest absolute Gasteiger partial charge is 0.261 e. The minimum absolute atomic E-state index is 0.0535. The Hall–Kier alpha value is -1.41. The maximum atomic E-state index is 13.2. The Bertz CT molecular complexity index is 943. The second kappa shape index (κ2) is 7.44. The zero-order valence-electron chi connectivity index (χ0n) is 17.9. The molecular formula is C21H31N3O3S. The largest absolute Gasteiger partial charge is 0.598 e. The van der Waals surface area contributed by atoms with Gasteiger partial charge in [0.25, 0.3) is 5.56 Å². The van der Waals surface area contributed by atoms with Crippen molar-refractivity contribution in [2.45, 2.75) is 64.2 Å². The van der Waals surface area contributed by atoms with Crippen molar-refractivity contribution in [1.29, 1.82) is 0 Å². The van der Waals surface area contributed by atoms with Crippen molar-refractivity contribution < 1.29 is 9.29 Å². The lowest BCUT2D eigenvalue weighted by molar-refractivity contribution is 0.178. The van der Waals surface area contributed by atoms with Gasteiger partial charge in [-0.1, -0.05) is 13.0 Å². The average Bonchev–Trinajstić information content (AvgIpc) is 3.04. The molecule has 1 N–H and O–H groups in total. The third-order valence-corrected chi connectivity index (χ3v) is 7.10. The normalized spacial score (nSPS) is 22.6. The van der Waals surface area contributed by atoms with Gasteiger partial charge in [0, 0.05) is 30.6 Å². The van der Waals surface area contributed by atoms with Gasteiger partial charge < -0.3 is 9.29 Å². The molecule has 1 aliphatic rings. The number of fused-ring (bicyclic) bond motifs is 1. The molecule has 2 heterocycles. The van der Waals surface area contributed by atoms with Crippen LogP contribution in [-0.4, -0.2) is 32.1 Å². The first-order valence-corrected chi connectivity index (χ1v) is 10.9. The molecule has 0 bridgehead atoms. The third-order valence-electron chi connectivity index (χ3n) is 5.42. The molecule has 1 aromatic carbocycles. The fraction of sp³-hybridized carbons (Fsp3) is 0.619. The topological polar surface area (TPSA) is 79.2 Å². The van der Waals surface area contributed by atoms with Crippen molar-refractivity contribution in [2.24, 2.45) is 7.05 Å². The van der Waals surface area contributed by atoms with E-state index >= 15 is 0 Å². The van der Waals surface area contributed by atoms with Gasteiger partial charge in [-0.3, -0.25) is 9.36 Å². The number of benzene rings is 1. The van der Waals surface area contributed by atoms with Crippen LogP contribution in [0, 0.1) is 6.92 Å². The Kier molecular flexibility index (Phi) is 5.66. The number of rotatable bonds is 4. The van der Waals surface area contributed by atoms with E-state index in [9.17, 15) is 9.35 Å². The number of aryl methyl sites for hydroxylation is 1. The Morgan fingerprint density at radius 1 is 1.39 bits per heavy atom. The summed E-state index contributed by atoms with van der Waals surface area (Å²) in [5.41, 5.74) is 2.23. The van der Waals surface area contributed by atoms with Gasteiger partial charge in [0.1, 0.15) is 10.6 Å². The van der Waals surface area contributed by atoms with E-state index in [1.807, 2.05) is 46.8 Å². The van der Waals surface area contributed by atoms with Gasteiger partial charge in [0.15, 0.2) is 0 Å². The molecule has 0 aliphatic carbocycles. The Morgan fingerprint density at radius 2 is 2.07 bits per heavy atom. The minimum atomic E-state index is -1.22. The van der Waals surface area contributed by atoms with Crippen LogP contribution in [0.15, 0.2) is 16.9 Å². The first-order valence-electron chi connectivity index (χ1n) is 9.71. The van der Waals surface area contributed by atoms with Crippen LogP contribution in [0.4, 0.5) is 0 Å². The molecule has 1 saturated heterocycles. The molecule has 7 heteroatoms. The van der Waals surface area contributed by atoms with Crippen molar-refractivity contribution in [3.8, 4) is 0 Å². The van der Waals surface area contributed by atoms with E-state index in [-0.39, 0.29) is 21.8 Å². The van der Waals surface area contributed by atoms with Gasteiger partial charge in [-0.15, -0.1) is 4.72 Å². The maximum Gasteiger partial charge on any atom is 0.261 e. The number of nitrogens with zero attached hydrogens (tertiary/aromatic N) is 2. The zero-order chi connectivity index (χ0) is 20.9. The quantitative estimate of drug-likeness (QED) is 0.791. The highest BCUT2D eigenvalue weighted by molar-refractivity contribution is 7.90. The molecular weight excluding hydrogens is 374 g/mol. The van der Waals surface area contributed by atoms with Gasteiger partial charge in [0.05, 0.1) is 29.0 Å². The fourth-order valence-corrected chi connectivity index (χ4v) is 4.47. The van der Waals surface area contributed by atoms with Crippen LogP contribution in [0.2, 0.25) is 0 Å². The molecule has 0 saturated carbocycles. The lowest BCUT2D eigenvalue weighted by atomic mass is 9.88. The summed E-state index contributed by atoms with van der Waals surface area (Å²) in [7, 11) is 1.78. The monoisotopic (exact) mass is 405 g/mol. The summed E-state index contributed by atoms with van der Waals surface area (Å²) in [4.78, 5) is 18.1. The fourth-order valence-electron chi connectivity index (χ4n) is 3.67. The predicted molar refractivity (Wildman–Crippen MR) is 114 cm³/mol. The van der Waals surface area contributed by atoms with Crippen LogP contribution >= 0.6 is 0 Å². The minimum Gasteiger partial charge on any atom is -0.598 e. The molecule has 154 valence electrons. The Labute approximate surface area is 170 Å².